The molecule has 4 fully saturated rings. The van der Waals surface area contributed by atoms with E-state index in [1.807, 2.05) is 41.6 Å². The van der Waals surface area contributed by atoms with Gasteiger partial charge >= 0.3 is 6.09 Å². The quantitative estimate of drug-likeness (QED) is 0.0269. The average Bonchev–Trinajstić information content (AvgIpc) is 2.97. The van der Waals surface area contributed by atoms with Gasteiger partial charge in [0, 0.05) is 56.6 Å². The van der Waals surface area contributed by atoms with Crippen molar-refractivity contribution in [1.82, 2.24) is 21.1 Å². The van der Waals surface area contributed by atoms with E-state index in [1.54, 1.807) is 53.1 Å². The topological polar surface area (TPSA) is 324 Å². The Labute approximate surface area is 536 Å². The van der Waals surface area contributed by atoms with Crippen LogP contribution >= 0.6 is 55.9 Å². The average molecular weight is 1400 g/mol. The molecule has 1 aromatic carbocycles. The number of hydroxylamine groups is 1. The molecule has 25 nitrogen and oxygen atoms in total. The number of nitrogens with one attached hydrogen (secondary N) is 3. The van der Waals surface area contributed by atoms with Crippen LogP contribution in [0, 0.1) is 34.2 Å². The Morgan fingerprint density at radius 1 is 0.875 bits per heavy atom. The van der Waals surface area contributed by atoms with Crippen molar-refractivity contribution in [3.05, 3.63) is 74.2 Å². The van der Waals surface area contributed by atoms with Gasteiger partial charge in [-0.15, -0.1) is 0 Å². The van der Waals surface area contributed by atoms with Crippen LogP contribution in [0.3, 0.4) is 0 Å². The molecule has 4 saturated heterocycles. The third kappa shape index (κ3) is 16.1. The number of fused-ring (bicyclic) bond motifs is 2. The standard InChI is InChI=1S/C59H77IN4O21S3/c1-11-61-33-27-78-39(25-37(33)73-6)83-52-47(68)44(29(3)80-57(52)82-36-18-14-12-13-16-21-59(72)26-35(66)45(63-58(71)77-10)42(36)32(59)20-23-86-88-38-19-15-17-22-62-38)64-85-40-24-34(65)54(31(5)79-40)87-55(70)41-28(2)43(60)50(53(76-9)49(41)74-7)84-56-48(69)51(75-8)46(67)30(4)81-56/h12-13,15,17,19-20,22,29-31,33-37,39-40,44,46-48,51-52,54,56-57,61,64-69,72H,11,23-27H2,1-10H3,(H,63,71)/b13-12-,32-20+/t29-,30+,31-,33+,34+,35?,36+,37+,39+,40+,44-,46+,47+,48-,51-,52-,54-,56+,57+,59+/m1/s1. The van der Waals surface area contributed by atoms with Gasteiger partial charge in [-0.1, -0.05) is 65.3 Å². The molecule has 0 saturated carbocycles. The number of amides is 1. The summed E-state index contributed by atoms with van der Waals surface area (Å²) in [5.74, 6) is 12.1. The molecule has 4 aliphatic heterocycles. The maximum Gasteiger partial charge on any atom is 0.411 e. The number of methoxy groups -OCH3 is 5. The summed E-state index contributed by atoms with van der Waals surface area (Å²) in [7, 11) is 9.63. The molecule has 484 valence electrons. The van der Waals surface area contributed by atoms with Gasteiger partial charge in [0.2, 0.25) is 17.2 Å². The molecular formula is C59H77IN4O21S3. The van der Waals surface area contributed by atoms with Crippen molar-refractivity contribution in [2.24, 2.45) is 0 Å². The number of carbonyl (C=O) groups excluding carboxylic acids is 2. The third-order valence-electron chi connectivity index (χ3n) is 15.6. The molecule has 2 aliphatic carbocycles. The molecule has 5 heterocycles. The molecule has 29 heteroatoms. The van der Waals surface area contributed by atoms with E-state index in [0.717, 1.165) is 23.9 Å². The zero-order valence-electron chi connectivity index (χ0n) is 50.1. The number of pyridine rings is 1. The van der Waals surface area contributed by atoms with Gasteiger partial charge in [0.25, 0.3) is 0 Å². The highest BCUT2D eigenvalue weighted by atomic mass is 127. The van der Waals surface area contributed by atoms with E-state index in [4.69, 9.17) is 61.7 Å². The number of nitrogens with zero attached hydrogens (tertiary/aromatic N) is 1. The van der Waals surface area contributed by atoms with Gasteiger partial charge in [-0.05, 0) is 97.5 Å². The second kappa shape index (κ2) is 32.1. The number of alkyl carbamates (subject to hydrolysis) is 1. The summed E-state index contributed by atoms with van der Waals surface area (Å²) in [4.78, 5) is 38.1. The lowest BCUT2D eigenvalue weighted by molar-refractivity contribution is -0.336. The molecular weight excluding hydrogens is 1320 g/mol. The highest BCUT2D eigenvalue weighted by Crippen LogP contribution is 2.49. The van der Waals surface area contributed by atoms with Crippen molar-refractivity contribution < 1.29 is 102 Å². The summed E-state index contributed by atoms with van der Waals surface area (Å²) in [6, 6.07) is 4.25. The molecule has 0 radical (unpaired) electrons. The molecule has 20 atom stereocenters. The first-order valence-electron chi connectivity index (χ1n) is 28.4. The van der Waals surface area contributed by atoms with Crippen molar-refractivity contribution in [2.45, 2.75) is 180 Å². The van der Waals surface area contributed by atoms with Crippen LogP contribution in [0.2, 0.25) is 0 Å². The number of ether oxygens (including phenoxy) is 12. The molecule has 2 bridgehead atoms. The summed E-state index contributed by atoms with van der Waals surface area (Å²) in [5.41, 5.74) is 1.63. The Bertz CT molecular complexity index is 2960. The minimum atomic E-state index is -2.00. The number of hydrogen-bond donors (Lipinski definition) is 9. The van der Waals surface area contributed by atoms with E-state index < -0.39 is 120 Å². The predicted octanol–water partition coefficient (Wildman–Crippen LogP) is 3.16. The normalized spacial score (nSPS) is 35.6. The number of carbonyl (C=O) groups is 2. The smallest absolute Gasteiger partial charge is 0.411 e. The maximum atomic E-state index is 14.5. The minimum absolute atomic E-state index is 0.0265. The summed E-state index contributed by atoms with van der Waals surface area (Å²) in [5, 5.41) is 75.7. The fourth-order valence-electron chi connectivity index (χ4n) is 11.1. The van der Waals surface area contributed by atoms with E-state index >= 15 is 0 Å². The molecule has 8 rings (SSSR count). The van der Waals surface area contributed by atoms with Gasteiger partial charge in [0.15, 0.2) is 36.0 Å². The fraction of sp³-hybridized carbons (Fsp3) is 0.610. The van der Waals surface area contributed by atoms with Gasteiger partial charge in [-0.3, -0.25) is 14.9 Å². The van der Waals surface area contributed by atoms with Crippen LogP contribution in [0.1, 0.15) is 62.9 Å². The van der Waals surface area contributed by atoms with Gasteiger partial charge in [-0.25, -0.2) is 9.78 Å². The fourth-order valence-corrected chi connectivity index (χ4v) is 14.6. The lowest BCUT2D eigenvalue weighted by atomic mass is 9.74. The van der Waals surface area contributed by atoms with Gasteiger partial charge in [0.1, 0.15) is 41.6 Å². The summed E-state index contributed by atoms with van der Waals surface area (Å²) >= 11 is 2.83. The SMILES string of the molecule is CCN[C@H]1CO[C@@H](O[C@H]2[C@H](O[C@H]3C#C/C=C\C#C[C@]4(O)CC(O)C(NC(=O)OC)=C3/C4=C\CSSc3ccccn3)O[C@H](C)[C@@H](NO[C@H]3C[C@H](O)[C@H](SC(=O)c4c(C)c(I)c(O[C@@H]5O[C@@H](C)[C@H](O)[C@@H](OC)[C@H]5O)c(OC)c4OC)[C@@H](C)O3)[C@@H]2O)C[C@@H]1OC. The number of allylic oxidation sites excluding steroid dienone is 2. The van der Waals surface area contributed by atoms with Crippen molar-refractivity contribution in [3.63, 3.8) is 0 Å². The highest BCUT2D eigenvalue weighted by Gasteiger charge is 2.52. The van der Waals surface area contributed by atoms with Crippen molar-refractivity contribution in [3.8, 4) is 40.9 Å². The monoisotopic (exact) mass is 1400 g/mol. The van der Waals surface area contributed by atoms with Crippen molar-refractivity contribution in [2.75, 3.05) is 54.5 Å². The third-order valence-corrected chi connectivity index (χ3v) is 20.4. The Morgan fingerprint density at radius 2 is 1.62 bits per heavy atom. The molecule has 1 unspecified atom stereocenters. The van der Waals surface area contributed by atoms with Crippen LogP contribution < -0.4 is 30.3 Å². The first-order valence-corrected chi connectivity index (χ1v) is 32.7. The van der Waals surface area contributed by atoms with Crippen LogP contribution in [0.25, 0.3) is 0 Å². The molecule has 2 aromatic rings. The van der Waals surface area contributed by atoms with E-state index in [1.165, 1.54) is 55.1 Å². The molecule has 0 spiro atoms. The predicted molar refractivity (Wildman–Crippen MR) is 330 cm³/mol. The lowest BCUT2D eigenvalue weighted by Gasteiger charge is -2.47. The zero-order chi connectivity index (χ0) is 63.6. The van der Waals surface area contributed by atoms with Crippen molar-refractivity contribution >= 4 is 67.1 Å². The highest BCUT2D eigenvalue weighted by molar-refractivity contribution is 14.1. The summed E-state index contributed by atoms with van der Waals surface area (Å²) in [6.45, 7) is 9.43. The van der Waals surface area contributed by atoms with E-state index in [-0.39, 0.29) is 83.4 Å². The molecule has 9 N–H and O–H groups in total. The van der Waals surface area contributed by atoms with Crippen LogP contribution in [0.4, 0.5) is 4.79 Å². The molecule has 1 aromatic heterocycles. The van der Waals surface area contributed by atoms with Crippen LogP contribution in [-0.4, -0.2) is 223 Å². The first-order chi connectivity index (χ1) is 42.2. The number of benzene rings is 1. The van der Waals surface area contributed by atoms with E-state index in [0.29, 0.717) is 15.7 Å². The second-order valence-corrected chi connectivity index (χ2v) is 25.8. The number of aliphatic hydroxyl groups is 6. The van der Waals surface area contributed by atoms with Gasteiger partial charge in [-0.2, -0.15) is 5.48 Å². The Hall–Kier alpha value is -3.85. The largest absolute Gasteiger partial charge is 0.492 e. The molecule has 88 heavy (non-hydrogen) atoms. The molecule has 6 aliphatic rings. The molecule has 1 amide bonds. The number of hydrogen-bond acceptors (Lipinski definition) is 27. The van der Waals surface area contributed by atoms with Crippen molar-refractivity contribution in [1.29, 1.82) is 0 Å². The van der Waals surface area contributed by atoms with Gasteiger partial charge in [0.05, 0.1) is 96.7 Å². The second-order valence-electron chi connectivity index (χ2n) is 21.2. The number of halogens is 1. The van der Waals surface area contributed by atoms with Crippen LogP contribution in [-0.2, 0) is 47.5 Å². The minimum Gasteiger partial charge on any atom is -0.492 e. The lowest BCUT2D eigenvalue weighted by Crippen LogP contribution is -2.65. The van der Waals surface area contributed by atoms with Crippen LogP contribution in [0.5, 0.6) is 17.2 Å². The Morgan fingerprint density at radius 3 is 2.31 bits per heavy atom. The maximum absolute atomic E-state index is 14.5. The zero-order valence-corrected chi connectivity index (χ0v) is 54.7. The van der Waals surface area contributed by atoms with Crippen LogP contribution in [0.15, 0.2) is 64.5 Å². The first kappa shape index (κ1) is 70.0. The Balaban J connectivity index is 1.02. The number of aromatic nitrogens is 1. The number of thioether (sulfide) groups is 1. The van der Waals surface area contributed by atoms with E-state index in [9.17, 15) is 40.2 Å². The number of rotatable bonds is 22. The number of aliphatic hydroxyl groups excluding tert-OH is 5. The van der Waals surface area contributed by atoms with Gasteiger partial charge < -0.3 is 92.8 Å². The van der Waals surface area contributed by atoms with E-state index in [2.05, 4.69) is 44.8 Å². The summed E-state index contributed by atoms with van der Waals surface area (Å²) in [6.07, 6.45) is -13.4. The Kier molecular flexibility index (Phi) is 25.6. The number of likely N-dealkylation sites (N-methyl/N-ethyl adjacent to an activating group) is 1. The summed E-state index contributed by atoms with van der Waals surface area (Å²) < 4.78 is 72.9.